The topological polar surface area (TPSA) is 106 Å². The Morgan fingerprint density at radius 2 is 0.810 bits per heavy atom. The van der Waals surface area contributed by atoms with Crippen LogP contribution in [0.25, 0.3) is 44.6 Å². The fraction of sp³-hybridized carbons (Fsp3) is 0.0294. The van der Waals surface area contributed by atoms with Crippen molar-refractivity contribution in [2.75, 3.05) is 11.2 Å². The summed E-state index contributed by atoms with van der Waals surface area (Å²) in [4.78, 5) is 36.9. The Morgan fingerprint density at radius 1 is 0.483 bits per heavy atom. The third-order valence-corrected chi connectivity index (χ3v) is 6.28. The van der Waals surface area contributed by atoms with E-state index in [-0.39, 0.29) is 31.3 Å². The molecule has 0 bridgehead atoms. The van der Waals surface area contributed by atoms with E-state index in [9.17, 15) is 55.2 Å². The number of fused-ring (bicyclic) bond motifs is 3. The van der Waals surface area contributed by atoms with E-state index in [1.807, 2.05) is 103 Å². The quantitative estimate of drug-likeness (QED) is 0.0615. The van der Waals surface area contributed by atoms with E-state index in [4.69, 9.17) is 11.6 Å². The third kappa shape index (κ3) is 22.7. The third-order valence-electron chi connectivity index (χ3n) is 6.04. The molecule has 0 aliphatic carbocycles. The second-order valence-corrected chi connectivity index (χ2v) is 15.0. The number of hydrogen-bond acceptors (Lipinski definition) is 7. The van der Waals surface area contributed by atoms with Crippen LogP contribution in [0.15, 0.2) is 140 Å². The molecule has 0 aliphatic heterocycles. The molecule has 0 spiro atoms. The summed E-state index contributed by atoms with van der Waals surface area (Å²) in [6.07, 6.45) is 10.5. The number of nitrogens with zero attached hydrogens (tertiary/aromatic N) is 6. The van der Waals surface area contributed by atoms with E-state index in [1.165, 1.54) is 0 Å². The Morgan fingerprint density at radius 3 is 1.14 bits per heavy atom. The minimum atomic E-state index is -10.7. The molecule has 58 heavy (non-hydrogen) atoms. The fourth-order valence-electron chi connectivity index (χ4n) is 4.12. The van der Waals surface area contributed by atoms with Gasteiger partial charge in [-0.1, -0.05) is 30.3 Å². The van der Waals surface area contributed by atoms with Crippen molar-refractivity contribution in [2.24, 2.45) is 0 Å². The molecule has 6 heterocycles. The van der Waals surface area contributed by atoms with E-state index in [0.717, 1.165) is 44.6 Å². The van der Waals surface area contributed by atoms with Gasteiger partial charge in [0, 0.05) is 48.0 Å². The molecular weight excluding hydrogens is 949 g/mol. The van der Waals surface area contributed by atoms with Crippen molar-refractivity contribution < 1.29 is 74.6 Å². The van der Waals surface area contributed by atoms with Gasteiger partial charge in [-0.25, -0.2) is 0 Å². The number of pyridine rings is 6. The van der Waals surface area contributed by atoms with Gasteiger partial charge in [0.2, 0.25) is 5.91 Å². The van der Waals surface area contributed by atoms with E-state index in [0.29, 0.717) is 5.69 Å². The van der Waals surface area contributed by atoms with Crippen LogP contribution in [0.4, 0.5) is 56.1 Å². The molecule has 0 saturated heterocycles. The largest absolute Gasteiger partial charge is 2.00 e. The molecule has 7 rings (SSSR count). The smallest absolute Gasteiger partial charge is 0.324 e. The van der Waals surface area contributed by atoms with Crippen LogP contribution >= 0.6 is 27.2 Å². The zero-order chi connectivity index (χ0) is 42.5. The molecule has 1 N–H and O–H groups in total. The van der Waals surface area contributed by atoms with Crippen molar-refractivity contribution >= 4 is 60.6 Å². The molecule has 1 amide bonds. The average molecular weight is 975 g/mol. The van der Waals surface area contributed by atoms with Gasteiger partial charge in [0.1, 0.15) is 5.88 Å². The van der Waals surface area contributed by atoms with Crippen LogP contribution in [0, 0.1) is 0 Å². The second kappa shape index (κ2) is 18.3. The SMILES string of the molecule is F[P-](F)(F)(F)(F)F.F[P-](F)(F)(F)(F)F.O=C(CCl)Nc1cc2cccnc2c2ncccc12.[Ru+2].c1ccc(-c2ccccn2)nc1.c1ccc(-c2ccccn2)nc1. The molecule has 0 saturated carbocycles. The van der Waals surface area contributed by atoms with Gasteiger partial charge in [-0.15, -0.1) is 11.6 Å². The number of amides is 1. The van der Waals surface area contributed by atoms with Gasteiger partial charge in [-0.2, -0.15) is 0 Å². The first-order valence-electron chi connectivity index (χ1n) is 15.4. The molecule has 0 atom stereocenters. The standard InChI is InChI=1S/C14H10ClN3O.2C10H8N2.2F6P.Ru/c15-8-12(19)18-11-7-9-3-1-5-16-13(9)14-10(11)4-2-6-17-14;2*1-3-7-11-9(5-1)10-6-2-4-8-12-10;2*1-7(2,3,4,5)6;/h1-7H,8H2,(H,18,19);2*1-8H;;;/q;;;2*-1;+2. The number of nitrogens with one attached hydrogen (secondary N) is 1. The summed E-state index contributed by atoms with van der Waals surface area (Å²) < 4.78 is 118. The maximum atomic E-state index is 11.5. The van der Waals surface area contributed by atoms with Crippen LogP contribution in [0.3, 0.4) is 0 Å². The van der Waals surface area contributed by atoms with Crippen molar-refractivity contribution in [3.05, 3.63) is 140 Å². The number of anilines is 1. The minimum Gasteiger partial charge on any atom is -0.324 e. The summed E-state index contributed by atoms with van der Waals surface area (Å²) >= 11 is 5.53. The predicted molar refractivity (Wildman–Crippen MR) is 198 cm³/mol. The van der Waals surface area contributed by atoms with Gasteiger partial charge < -0.3 is 5.32 Å². The van der Waals surface area contributed by atoms with Gasteiger partial charge in [-0.3, -0.25) is 34.7 Å². The maximum Gasteiger partial charge on any atom is 2.00 e. The first-order valence-corrected chi connectivity index (χ1v) is 20.0. The van der Waals surface area contributed by atoms with Gasteiger partial charge in [0.05, 0.1) is 39.5 Å². The van der Waals surface area contributed by atoms with Crippen LogP contribution in [0.2, 0.25) is 0 Å². The summed E-state index contributed by atoms with van der Waals surface area (Å²) in [6, 6.07) is 32.6. The van der Waals surface area contributed by atoms with E-state index in [1.54, 1.807) is 37.2 Å². The monoisotopic (exact) mass is 975 g/mol. The van der Waals surface area contributed by atoms with Crippen molar-refractivity contribution in [3.63, 3.8) is 0 Å². The Hall–Kier alpha value is -4.96. The van der Waals surface area contributed by atoms with Gasteiger partial charge in [0.15, 0.2) is 0 Å². The predicted octanol–water partition coefficient (Wildman–Crippen LogP) is 14.0. The second-order valence-electron chi connectivity index (χ2n) is 10.9. The van der Waals surface area contributed by atoms with Gasteiger partial charge in [0.25, 0.3) is 0 Å². The molecule has 6 aromatic heterocycles. The number of alkyl halides is 1. The molecule has 0 aliphatic rings. The van der Waals surface area contributed by atoms with Gasteiger partial charge >= 0.3 is 85.5 Å². The molecule has 24 heteroatoms. The first-order chi connectivity index (χ1) is 26.1. The fourth-order valence-corrected chi connectivity index (χ4v) is 4.19. The van der Waals surface area contributed by atoms with E-state index in [2.05, 4.69) is 35.2 Å². The Balaban J connectivity index is 0.000000263. The number of rotatable bonds is 4. The van der Waals surface area contributed by atoms with Crippen LogP contribution in [0.5, 0.6) is 0 Å². The van der Waals surface area contributed by atoms with Crippen LogP contribution in [0.1, 0.15) is 0 Å². The summed E-state index contributed by atoms with van der Waals surface area (Å²) in [5.74, 6) is -0.317. The number of aromatic nitrogens is 6. The Labute approximate surface area is 338 Å². The number of benzene rings is 1. The van der Waals surface area contributed by atoms with Crippen LogP contribution < -0.4 is 5.32 Å². The zero-order valence-electron chi connectivity index (χ0n) is 28.7. The first kappa shape index (κ1) is 49.2. The number of carbonyl (C=O) groups excluding carboxylic acids is 1. The maximum absolute atomic E-state index is 11.5. The molecule has 0 radical (unpaired) electrons. The molecule has 8 nitrogen and oxygen atoms in total. The Bertz CT molecular complexity index is 2180. The van der Waals surface area contributed by atoms with E-state index >= 15 is 0 Å². The summed E-state index contributed by atoms with van der Waals surface area (Å²) in [7, 11) is -21.3. The molecule has 312 valence electrons. The molecule has 1 aromatic carbocycles. The van der Waals surface area contributed by atoms with Crippen molar-refractivity contribution in [1.29, 1.82) is 0 Å². The zero-order valence-corrected chi connectivity index (χ0v) is 33.0. The summed E-state index contributed by atoms with van der Waals surface area (Å²) in [5.41, 5.74) is 5.95. The molecule has 7 aromatic rings. The van der Waals surface area contributed by atoms with E-state index < -0.39 is 15.6 Å². The summed E-state index contributed by atoms with van der Waals surface area (Å²) in [6.45, 7) is 0. The number of carbonyl (C=O) groups is 1. The van der Waals surface area contributed by atoms with Crippen LogP contribution in [-0.2, 0) is 24.3 Å². The molecule has 0 unspecified atom stereocenters. The molecule has 0 fully saturated rings. The molecular formula is C34H26ClF12N7OP2Ru. The Kier molecular flexibility index (Phi) is 15.5. The number of halogens is 13. The van der Waals surface area contributed by atoms with Crippen molar-refractivity contribution in [1.82, 2.24) is 29.9 Å². The van der Waals surface area contributed by atoms with Gasteiger partial charge in [-0.05, 0) is 72.8 Å². The number of hydrogen-bond donors (Lipinski definition) is 1. The minimum absolute atomic E-state index is 0. The van der Waals surface area contributed by atoms with Crippen molar-refractivity contribution in [2.45, 2.75) is 0 Å². The van der Waals surface area contributed by atoms with Crippen LogP contribution in [-0.4, -0.2) is 41.7 Å². The average Bonchev–Trinajstić information content (AvgIpc) is 3.14. The normalized spacial score (nSPS) is 13.1. The van der Waals surface area contributed by atoms with Crippen molar-refractivity contribution in [3.8, 4) is 22.8 Å². The summed E-state index contributed by atoms with van der Waals surface area (Å²) in [5, 5.41) is 4.57.